The summed E-state index contributed by atoms with van der Waals surface area (Å²) in [5.41, 5.74) is 13.2. The second-order valence-electron chi connectivity index (χ2n) is 13.0. The lowest BCUT2D eigenvalue weighted by Gasteiger charge is -2.11. The van der Waals surface area contributed by atoms with Crippen LogP contribution in [0.4, 0.5) is 0 Å². The number of aromatic nitrogens is 3. The minimum Gasteiger partial charge on any atom is -0.455 e. The maximum atomic E-state index is 7.02. The molecule has 244 valence electrons. The average molecular weight is 666 g/mol. The number of imidazole rings is 1. The molecule has 0 radical (unpaired) electrons. The van der Waals surface area contributed by atoms with E-state index in [2.05, 4.69) is 168 Å². The molecule has 0 atom stereocenters. The predicted octanol–water partition coefficient (Wildman–Crippen LogP) is 12.7. The maximum Gasteiger partial charge on any atom is 0.147 e. The second-order valence-corrected chi connectivity index (χ2v) is 13.0. The Balaban J connectivity index is 1.16. The number of pyridine rings is 1. The molecule has 0 bridgehead atoms. The first-order valence-corrected chi connectivity index (χ1v) is 17.5. The zero-order chi connectivity index (χ0) is 34.4. The van der Waals surface area contributed by atoms with E-state index in [1.807, 2.05) is 24.3 Å². The van der Waals surface area contributed by atoms with Gasteiger partial charge >= 0.3 is 0 Å². The monoisotopic (exact) mass is 665 g/mol. The fourth-order valence-corrected chi connectivity index (χ4v) is 7.37. The molecule has 52 heavy (non-hydrogen) atoms. The van der Waals surface area contributed by atoms with Gasteiger partial charge in [0.05, 0.1) is 27.6 Å². The van der Waals surface area contributed by atoms with E-state index >= 15 is 0 Å². The summed E-state index contributed by atoms with van der Waals surface area (Å²) < 4.78 is 9.25. The van der Waals surface area contributed by atoms with Crippen molar-refractivity contribution in [3.05, 3.63) is 188 Å². The van der Waals surface area contributed by atoms with Gasteiger partial charge in [0.1, 0.15) is 17.2 Å². The predicted molar refractivity (Wildman–Crippen MR) is 213 cm³/mol. The van der Waals surface area contributed by atoms with Gasteiger partial charge in [-0.2, -0.15) is 0 Å². The molecule has 0 aliphatic rings. The van der Waals surface area contributed by atoms with Crippen LogP contribution in [0, 0.1) is 0 Å². The molecule has 0 aliphatic heterocycles. The van der Waals surface area contributed by atoms with Gasteiger partial charge in [0.25, 0.3) is 0 Å². The third kappa shape index (κ3) is 5.00. The smallest absolute Gasteiger partial charge is 0.147 e. The number of fused-ring (bicyclic) bond motifs is 4. The molecule has 0 unspecified atom stereocenters. The van der Waals surface area contributed by atoms with E-state index in [4.69, 9.17) is 14.4 Å². The van der Waals surface area contributed by atoms with Gasteiger partial charge in [-0.05, 0) is 53.1 Å². The third-order valence-corrected chi connectivity index (χ3v) is 9.82. The van der Waals surface area contributed by atoms with Crippen LogP contribution in [-0.2, 0) is 0 Å². The minimum atomic E-state index is 0.830. The van der Waals surface area contributed by atoms with Gasteiger partial charge in [0, 0.05) is 33.3 Å². The molecule has 0 fully saturated rings. The number of furan rings is 1. The van der Waals surface area contributed by atoms with E-state index < -0.39 is 0 Å². The lowest BCUT2D eigenvalue weighted by Crippen LogP contribution is -1.97. The molecule has 0 saturated carbocycles. The molecule has 7 aromatic carbocycles. The Morgan fingerprint density at radius 1 is 0.423 bits per heavy atom. The summed E-state index contributed by atoms with van der Waals surface area (Å²) in [5.74, 6) is 1.75. The number of hydrogen-bond acceptors (Lipinski definition) is 3. The number of benzene rings is 7. The van der Waals surface area contributed by atoms with Crippen LogP contribution in [0.2, 0.25) is 0 Å². The summed E-state index contributed by atoms with van der Waals surface area (Å²) >= 11 is 0. The van der Waals surface area contributed by atoms with Gasteiger partial charge in [-0.25, -0.2) is 9.97 Å². The first-order chi connectivity index (χ1) is 25.8. The highest BCUT2D eigenvalue weighted by Crippen LogP contribution is 2.47. The average Bonchev–Trinajstić information content (AvgIpc) is 3.82. The first kappa shape index (κ1) is 29.8. The fourth-order valence-electron chi connectivity index (χ4n) is 7.37. The standard InChI is InChI=1S/C48H31N3O/c1-5-15-33(16-6-1)43-44-45(34-17-7-2-8-18-34)49-40-30-29-37(31-39(40)47(44)52-46(43)35-19-9-3-10-20-35)32-25-27-36(28-26-32)48-50-41-23-13-14-24-42(41)51(48)38-21-11-4-12-22-38/h1-31H. The zero-order valence-electron chi connectivity index (χ0n) is 28.1. The van der Waals surface area contributed by atoms with Gasteiger partial charge < -0.3 is 4.42 Å². The SMILES string of the molecule is c1ccc(-c2oc3c(c(-c4ccccc4)nc4ccc(-c5ccc(-c6nc7ccccc7n6-c6ccccc6)cc5)cc43)c2-c2ccccc2)cc1. The second kappa shape index (κ2) is 12.4. The van der Waals surface area contributed by atoms with Crippen LogP contribution in [0.15, 0.2) is 192 Å². The fraction of sp³-hybridized carbons (Fsp3) is 0. The Kier molecular flexibility index (Phi) is 7.10. The molecule has 4 heteroatoms. The lowest BCUT2D eigenvalue weighted by atomic mass is 9.94. The van der Waals surface area contributed by atoms with Crippen LogP contribution in [0.25, 0.3) is 94.8 Å². The number of rotatable bonds is 6. The van der Waals surface area contributed by atoms with Crippen molar-refractivity contribution in [1.29, 1.82) is 0 Å². The van der Waals surface area contributed by atoms with Crippen molar-refractivity contribution in [2.45, 2.75) is 0 Å². The van der Waals surface area contributed by atoms with Crippen LogP contribution in [0.3, 0.4) is 0 Å². The quantitative estimate of drug-likeness (QED) is 0.178. The molecule has 10 rings (SSSR count). The topological polar surface area (TPSA) is 43.9 Å². The van der Waals surface area contributed by atoms with Gasteiger partial charge in [-0.3, -0.25) is 4.57 Å². The van der Waals surface area contributed by atoms with Crippen LogP contribution >= 0.6 is 0 Å². The summed E-state index contributed by atoms with van der Waals surface area (Å²) in [7, 11) is 0. The number of nitrogens with zero attached hydrogens (tertiary/aromatic N) is 3. The van der Waals surface area contributed by atoms with Gasteiger partial charge in [0.15, 0.2) is 0 Å². The van der Waals surface area contributed by atoms with Crippen LogP contribution < -0.4 is 0 Å². The molecule has 0 saturated heterocycles. The number of hydrogen-bond donors (Lipinski definition) is 0. The molecule has 0 aliphatic carbocycles. The molecule has 10 aromatic rings. The van der Waals surface area contributed by atoms with E-state index in [1.54, 1.807) is 0 Å². The van der Waals surface area contributed by atoms with Crippen LogP contribution in [-0.4, -0.2) is 14.5 Å². The molecular formula is C48H31N3O. The summed E-state index contributed by atoms with van der Waals surface area (Å²) in [5, 5.41) is 1.98. The van der Waals surface area contributed by atoms with Crippen LogP contribution in [0.5, 0.6) is 0 Å². The molecule has 0 amide bonds. The van der Waals surface area contributed by atoms with Crippen molar-refractivity contribution in [3.8, 4) is 61.9 Å². The largest absolute Gasteiger partial charge is 0.455 e. The van der Waals surface area contributed by atoms with Crippen molar-refractivity contribution in [2.24, 2.45) is 0 Å². The molecule has 0 spiro atoms. The Labute approximate surface area is 300 Å². The Morgan fingerprint density at radius 2 is 1.00 bits per heavy atom. The Hall–Kier alpha value is -7.04. The highest BCUT2D eigenvalue weighted by Gasteiger charge is 2.24. The van der Waals surface area contributed by atoms with E-state index in [9.17, 15) is 0 Å². The molecule has 4 nitrogen and oxygen atoms in total. The molecular weight excluding hydrogens is 635 g/mol. The highest BCUT2D eigenvalue weighted by atomic mass is 16.3. The van der Waals surface area contributed by atoms with E-state index in [0.29, 0.717) is 0 Å². The Bertz CT molecular complexity index is 2860. The zero-order valence-corrected chi connectivity index (χ0v) is 28.1. The minimum absolute atomic E-state index is 0.830. The van der Waals surface area contributed by atoms with Crippen molar-refractivity contribution in [2.75, 3.05) is 0 Å². The normalized spacial score (nSPS) is 11.5. The molecule has 3 aromatic heterocycles. The Morgan fingerprint density at radius 3 is 1.71 bits per heavy atom. The lowest BCUT2D eigenvalue weighted by molar-refractivity contribution is 0.636. The number of para-hydroxylation sites is 3. The van der Waals surface area contributed by atoms with Crippen LogP contribution in [0.1, 0.15) is 0 Å². The van der Waals surface area contributed by atoms with E-state index in [0.717, 1.165) is 94.8 Å². The third-order valence-electron chi connectivity index (χ3n) is 9.82. The summed E-state index contributed by atoms with van der Waals surface area (Å²) in [6.45, 7) is 0. The van der Waals surface area contributed by atoms with Gasteiger partial charge in [-0.1, -0.05) is 152 Å². The summed E-state index contributed by atoms with van der Waals surface area (Å²) in [4.78, 5) is 10.4. The molecule has 0 N–H and O–H groups in total. The summed E-state index contributed by atoms with van der Waals surface area (Å²) in [6.07, 6.45) is 0. The van der Waals surface area contributed by atoms with E-state index in [-0.39, 0.29) is 0 Å². The highest BCUT2D eigenvalue weighted by molar-refractivity contribution is 6.17. The van der Waals surface area contributed by atoms with Gasteiger partial charge in [0.2, 0.25) is 0 Å². The van der Waals surface area contributed by atoms with Crippen molar-refractivity contribution < 1.29 is 4.42 Å². The van der Waals surface area contributed by atoms with Crippen molar-refractivity contribution >= 4 is 32.9 Å². The van der Waals surface area contributed by atoms with Crippen molar-refractivity contribution in [1.82, 2.24) is 14.5 Å². The van der Waals surface area contributed by atoms with E-state index in [1.165, 1.54) is 0 Å². The van der Waals surface area contributed by atoms with Gasteiger partial charge in [-0.15, -0.1) is 0 Å². The van der Waals surface area contributed by atoms with Crippen molar-refractivity contribution in [3.63, 3.8) is 0 Å². The maximum absolute atomic E-state index is 7.02. The molecule has 3 heterocycles. The first-order valence-electron chi connectivity index (χ1n) is 17.5. The summed E-state index contributed by atoms with van der Waals surface area (Å²) in [6, 6.07) is 65.2.